The molecule has 6 heteroatoms. The minimum Gasteiger partial charge on any atom is -0.507 e. The molecule has 2 aromatic carbocycles. The Kier molecular flexibility index (Phi) is 8.67. The first-order chi connectivity index (χ1) is 14.3. The standard InChI is InChI=1S/C24H34O6/c1-7-30-15-19-11-21(10-18(14-29-6)23(19)26)24(2,3)20-8-16(12-27-4)22(25)17(9-20)13-28-5/h8-11,25-26H,7,12-15H2,1-6H3. The highest BCUT2D eigenvalue weighted by atomic mass is 16.5. The number of phenolic OH excluding ortho intramolecular Hbond substituents is 2. The van der Waals surface area contributed by atoms with Crippen molar-refractivity contribution in [3.63, 3.8) is 0 Å². The molecule has 0 spiro atoms. The van der Waals surface area contributed by atoms with Crippen LogP contribution in [0.2, 0.25) is 0 Å². The summed E-state index contributed by atoms with van der Waals surface area (Å²) in [5.41, 5.74) is 4.46. The molecule has 0 bridgehead atoms. The third-order valence-corrected chi connectivity index (χ3v) is 5.34. The van der Waals surface area contributed by atoms with Crippen molar-refractivity contribution in [1.82, 2.24) is 0 Å². The molecule has 0 atom stereocenters. The van der Waals surface area contributed by atoms with Crippen LogP contribution in [0.4, 0.5) is 0 Å². The number of hydrogen-bond acceptors (Lipinski definition) is 6. The Morgan fingerprint density at radius 3 is 1.30 bits per heavy atom. The fourth-order valence-electron chi connectivity index (χ4n) is 3.53. The molecular formula is C24H34O6. The largest absolute Gasteiger partial charge is 0.507 e. The molecule has 0 aliphatic heterocycles. The topological polar surface area (TPSA) is 77.4 Å². The van der Waals surface area contributed by atoms with Gasteiger partial charge in [-0.3, -0.25) is 0 Å². The van der Waals surface area contributed by atoms with E-state index in [2.05, 4.69) is 13.8 Å². The maximum absolute atomic E-state index is 10.6. The van der Waals surface area contributed by atoms with Crippen molar-refractivity contribution in [3.8, 4) is 11.5 Å². The molecule has 0 aromatic heterocycles. The van der Waals surface area contributed by atoms with Crippen molar-refractivity contribution >= 4 is 0 Å². The molecular weight excluding hydrogens is 384 g/mol. The predicted molar refractivity (Wildman–Crippen MR) is 116 cm³/mol. The summed E-state index contributed by atoms with van der Waals surface area (Å²) in [5, 5.41) is 21.2. The van der Waals surface area contributed by atoms with Crippen molar-refractivity contribution in [1.29, 1.82) is 0 Å². The van der Waals surface area contributed by atoms with E-state index in [0.717, 1.165) is 16.7 Å². The third-order valence-electron chi connectivity index (χ3n) is 5.34. The summed E-state index contributed by atoms with van der Waals surface area (Å²) in [5.74, 6) is 0.400. The number of ether oxygens (including phenoxy) is 4. The zero-order valence-corrected chi connectivity index (χ0v) is 18.9. The molecule has 2 rings (SSSR count). The van der Waals surface area contributed by atoms with Gasteiger partial charge >= 0.3 is 0 Å². The zero-order chi connectivity index (χ0) is 22.3. The van der Waals surface area contributed by atoms with Crippen molar-refractivity contribution < 1.29 is 29.2 Å². The first-order valence-electron chi connectivity index (χ1n) is 10.0. The van der Waals surface area contributed by atoms with Gasteiger partial charge in [0, 0.05) is 55.6 Å². The average Bonchev–Trinajstić information content (AvgIpc) is 2.71. The maximum atomic E-state index is 10.6. The number of rotatable bonds is 11. The van der Waals surface area contributed by atoms with E-state index in [4.69, 9.17) is 18.9 Å². The lowest BCUT2D eigenvalue weighted by molar-refractivity contribution is 0.131. The van der Waals surface area contributed by atoms with E-state index in [1.54, 1.807) is 21.3 Å². The molecule has 0 heterocycles. The highest BCUT2D eigenvalue weighted by Crippen LogP contribution is 2.39. The Morgan fingerprint density at radius 1 is 0.667 bits per heavy atom. The van der Waals surface area contributed by atoms with E-state index >= 15 is 0 Å². The second-order valence-corrected chi connectivity index (χ2v) is 7.85. The van der Waals surface area contributed by atoms with Gasteiger partial charge in [0.25, 0.3) is 0 Å². The number of benzene rings is 2. The van der Waals surface area contributed by atoms with Gasteiger partial charge in [-0.1, -0.05) is 13.8 Å². The van der Waals surface area contributed by atoms with Crippen LogP contribution in [0.15, 0.2) is 24.3 Å². The molecule has 2 N–H and O–H groups in total. The van der Waals surface area contributed by atoms with Gasteiger partial charge < -0.3 is 29.2 Å². The number of phenols is 2. The zero-order valence-electron chi connectivity index (χ0n) is 18.9. The van der Waals surface area contributed by atoms with Crippen molar-refractivity contribution in [2.75, 3.05) is 27.9 Å². The van der Waals surface area contributed by atoms with Crippen molar-refractivity contribution in [2.24, 2.45) is 0 Å². The smallest absolute Gasteiger partial charge is 0.126 e. The average molecular weight is 419 g/mol. The minimum atomic E-state index is -0.421. The summed E-state index contributed by atoms with van der Waals surface area (Å²) >= 11 is 0. The van der Waals surface area contributed by atoms with E-state index in [-0.39, 0.29) is 11.5 Å². The fourth-order valence-corrected chi connectivity index (χ4v) is 3.53. The van der Waals surface area contributed by atoms with Gasteiger partial charge in [0.05, 0.1) is 26.4 Å². The molecule has 0 aliphatic rings. The van der Waals surface area contributed by atoms with E-state index in [9.17, 15) is 10.2 Å². The van der Waals surface area contributed by atoms with Crippen LogP contribution in [0.5, 0.6) is 11.5 Å². The van der Waals surface area contributed by atoms with Crippen molar-refractivity contribution in [3.05, 3.63) is 57.6 Å². The van der Waals surface area contributed by atoms with Crippen LogP contribution in [0.1, 0.15) is 54.2 Å². The first-order valence-corrected chi connectivity index (χ1v) is 10.0. The van der Waals surface area contributed by atoms with Gasteiger partial charge in [-0.05, 0) is 42.3 Å². The molecule has 0 unspecified atom stereocenters. The molecule has 2 aromatic rings. The van der Waals surface area contributed by atoms with E-state index in [0.29, 0.717) is 49.7 Å². The molecule has 0 amide bonds. The predicted octanol–water partition coefficient (Wildman–Crippen LogP) is 4.40. The number of methoxy groups -OCH3 is 3. The molecule has 0 fully saturated rings. The van der Waals surface area contributed by atoms with Crippen LogP contribution < -0.4 is 0 Å². The molecule has 0 aliphatic carbocycles. The number of aromatic hydroxyl groups is 2. The fraction of sp³-hybridized carbons (Fsp3) is 0.500. The summed E-state index contributed by atoms with van der Waals surface area (Å²) in [6.45, 7) is 7.92. The normalized spacial score (nSPS) is 11.8. The van der Waals surface area contributed by atoms with E-state index < -0.39 is 5.41 Å². The van der Waals surface area contributed by atoms with Crippen LogP contribution in [0.25, 0.3) is 0 Å². The Hall–Kier alpha value is -2.12. The quantitative estimate of drug-likeness (QED) is 0.563. The van der Waals surface area contributed by atoms with Crippen molar-refractivity contribution in [2.45, 2.75) is 52.6 Å². The SMILES string of the molecule is CCOCc1cc(C(C)(C)c2cc(COC)c(O)c(COC)c2)cc(COC)c1O. The second-order valence-electron chi connectivity index (χ2n) is 7.85. The maximum Gasteiger partial charge on any atom is 0.126 e. The summed E-state index contributed by atoms with van der Waals surface area (Å²) in [4.78, 5) is 0. The van der Waals surface area contributed by atoms with Gasteiger partial charge in [0.1, 0.15) is 11.5 Å². The second kappa shape index (κ2) is 10.8. The lowest BCUT2D eigenvalue weighted by atomic mass is 9.76. The Labute approximate surface area is 179 Å². The summed E-state index contributed by atoms with van der Waals surface area (Å²) in [7, 11) is 4.81. The summed E-state index contributed by atoms with van der Waals surface area (Å²) < 4.78 is 21.4. The van der Waals surface area contributed by atoms with E-state index in [1.165, 1.54) is 0 Å². The molecule has 0 radical (unpaired) electrons. The van der Waals surface area contributed by atoms with Crippen LogP contribution in [-0.2, 0) is 50.8 Å². The Morgan fingerprint density at radius 2 is 1.00 bits per heavy atom. The summed E-state index contributed by atoms with van der Waals surface area (Å²) in [6.07, 6.45) is 0. The highest BCUT2D eigenvalue weighted by Gasteiger charge is 2.27. The van der Waals surface area contributed by atoms with Gasteiger partial charge in [-0.15, -0.1) is 0 Å². The third kappa shape index (κ3) is 5.32. The molecule has 166 valence electrons. The van der Waals surface area contributed by atoms with Gasteiger partial charge in [0.2, 0.25) is 0 Å². The highest BCUT2D eigenvalue weighted by molar-refractivity contribution is 5.52. The first kappa shape index (κ1) is 24.2. The van der Waals surface area contributed by atoms with Gasteiger partial charge in [-0.25, -0.2) is 0 Å². The van der Waals surface area contributed by atoms with Gasteiger partial charge in [0.15, 0.2) is 0 Å². The minimum absolute atomic E-state index is 0.195. The van der Waals surface area contributed by atoms with Crippen LogP contribution in [-0.4, -0.2) is 38.1 Å². The van der Waals surface area contributed by atoms with Crippen LogP contribution in [0, 0.1) is 0 Å². The molecule has 30 heavy (non-hydrogen) atoms. The van der Waals surface area contributed by atoms with E-state index in [1.807, 2.05) is 31.2 Å². The molecule has 6 nitrogen and oxygen atoms in total. The lowest BCUT2D eigenvalue weighted by Gasteiger charge is -2.29. The molecule has 0 saturated heterocycles. The monoisotopic (exact) mass is 418 g/mol. The lowest BCUT2D eigenvalue weighted by Crippen LogP contribution is -2.21. The van der Waals surface area contributed by atoms with Crippen LogP contribution in [0.3, 0.4) is 0 Å². The summed E-state index contributed by atoms with van der Waals surface area (Å²) in [6, 6.07) is 7.86. The van der Waals surface area contributed by atoms with Crippen LogP contribution >= 0.6 is 0 Å². The molecule has 0 saturated carbocycles. The Bertz CT molecular complexity index is 817. The van der Waals surface area contributed by atoms with Gasteiger partial charge in [-0.2, -0.15) is 0 Å². The number of hydrogen-bond donors (Lipinski definition) is 2. The Balaban J connectivity index is 2.62.